The molecular weight excluding hydrogens is 1070 g/mol. The third-order valence-corrected chi connectivity index (χ3v) is 17.3. The topological polar surface area (TPSA) is 487 Å². The first kappa shape index (κ1) is 54.8. The van der Waals surface area contributed by atoms with Crippen LogP contribution in [0.4, 0.5) is 11.8 Å². The molecule has 8 heterocycles. The van der Waals surface area contributed by atoms with E-state index in [1.165, 1.54) is 34.2 Å². The Kier molecular flexibility index (Phi) is 15.7. The maximum Gasteiger partial charge on any atom is 0.485 e. The number of aromatic nitrogens is 10. The summed E-state index contributed by atoms with van der Waals surface area (Å²) in [5.74, 6) is -1.20. The molecule has 40 heteroatoms. The first-order valence-electron chi connectivity index (χ1n) is 20.7. The molecule has 0 aliphatic carbocycles. The molecule has 8 rings (SSSR count). The minimum absolute atomic E-state index is 0.0230. The van der Waals surface area contributed by atoms with Gasteiger partial charge in [-0.1, -0.05) is 0 Å². The van der Waals surface area contributed by atoms with Gasteiger partial charge in [0.05, 0.1) is 53.5 Å². The number of nitrogen functional groups attached to an aromatic ring is 2. The number of anilines is 2. The number of fused-ring (bicyclic) bond motifs is 2. The number of aliphatic hydroxyl groups excluding tert-OH is 3. The summed E-state index contributed by atoms with van der Waals surface area (Å²) in [5.41, 5.74) is 7.62. The molecule has 402 valence electrons. The standard InChI is InChI=1S/C33H49BN12O23P4/c1-43-12-46(27-19(43)28(51)42-32(36)41-27)29-20(48)13(6-60-2)14(65-29)7-63-71(34,55)68-73(58,59)69-72(56,57)64-9-16-24(23(61-3)31(67-16)45-11-39-18-25(35)37-10-38-26(18)45)70(53,54)62-8-15-21(49)22(50)30(66-15)44-5-4-17(47)40-33(44)52/h4-5,10-16,20-24,29-31,48-50H,6-9H2,1-3,34H3,(H,53,54)(H,56,57)(H,58,59)(H2,35,37,38)(H,40,47,52)(H3,36,41,42,51)/t13-,14-,15-,16-,20-,21-,22-,23-,24-,29-,30-,31-,71?/m1/s1. The molecule has 0 bridgehead atoms. The normalized spacial score (nSPS) is 30.9. The molecule has 3 aliphatic heterocycles. The Hall–Kier alpha value is -4.48. The molecule has 35 nitrogen and oxygen atoms in total. The number of aryl methyl sites for hydroxylation is 1. The van der Waals surface area contributed by atoms with Crippen LogP contribution in [0, 0.1) is 5.92 Å². The lowest BCUT2D eigenvalue weighted by Crippen LogP contribution is -2.38. The highest BCUT2D eigenvalue weighted by Gasteiger charge is 2.58. The number of methoxy groups -OCH3 is 2. The molecule has 3 fully saturated rings. The number of nitrogens with two attached hydrogens (primary N) is 2. The van der Waals surface area contributed by atoms with Gasteiger partial charge >= 0.3 is 34.5 Å². The first-order valence-corrected chi connectivity index (χ1v) is 26.5. The van der Waals surface area contributed by atoms with Crippen LogP contribution in [-0.2, 0) is 71.2 Å². The van der Waals surface area contributed by atoms with Crippen LogP contribution in [0.2, 0.25) is 0 Å². The summed E-state index contributed by atoms with van der Waals surface area (Å²) in [6, 6.07) is 0.941. The maximum absolute atomic E-state index is 14.3. The van der Waals surface area contributed by atoms with Crippen LogP contribution in [0.3, 0.4) is 0 Å². The summed E-state index contributed by atoms with van der Waals surface area (Å²) in [7, 11) is -19.3. The molecule has 0 spiro atoms. The van der Waals surface area contributed by atoms with Crippen molar-refractivity contribution in [2.45, 2.75) is 67.1 Å². The highest BCUT2D eigenvalue weighted by Crippen LogP contribution is 2.68. The fourth-order valence-corrected chi connectivity index (χ4v) is 13.2. The van der Waals surface area contributed by atoms with Crippen LogP contribution in [0.25, 0.3) is 22.3 Å². The molecule has 3 aliphatic rings. The Morgan fingerprint density at radius 1 is 0.781 bits per heavy atom. The van der Waals surface area contributed by atoms with Crippen LogP contribution < -0.4 is 32.8 Å². The number of H-pyrrole nitrogens is 2. The number of phosphoric ester groups is 1. The largest absolute Gasteiger partial charge is 0.485 e. The number of nitrogens with one attached hydrogen (secondary N) is 2. The van der Waals surface area contributed by atoms with Gasteiger partial charge in [-0.3, -0.25) is 37.8 Å². The molecule has 3 saturated heterocycles. The van der Waals surface area contributed by atoms with Crippen molar-refractivity contribution < 1.29 is 98.7 Å². The van der Waals surface area contributed by atoms with Crippen molar-refractivity contribution in [3.8, 4) is 0 Å². The summed E-state index contributed by atoms with van der Waals surface area (Å²) in [6.07, 6.45) is -10.9. The van der Waals surface area contributed by atoms with Crippen LogP contribution >= 0.6 is 30.7 Å². The Morgan fingerprint density at radius 2 is 1.45 bits per heavy atom. The number of hydrogen-bond donors (Lipinski definition) is 10. The van der Waals surface area contributed by atoms with Crippen molar-refractivity contribution in [3.63, 3.8) is 0 Å². The molecule has 0 amide bonds. The van der Waals surface area contributed by atoms with E-state index in [0.29, 0.717) is 0 Å². The second-order valence-electron chi connectivity index (χ2n) is 16.1. The first-order chi connectivity index (χ1) is 34.2. The number of aromatic amines is 2. The van der Waals surface area contributed by atoms with Gasteiger partial charge in [-0.25, -0.2) is 37.8 Å². The molecule has 5 aromatic rings. The maximum atomic E-state index is 14.3. The molecule has 12 N–H and O–H groups in total. The lowest BCUT2D eigenvalue weighted by molar-refractivity contribution is -0.646. The van der Waals surface area contributed by atoms with Gasteiger partial charge in [0.1, 0.15) is 54.1 Å². The fourth-order valence-electron chi connectivity index (χ4n) is 8.39. The number of aliphatic hydroxyl groups is 3. The minimum atomic E-state index is -5.88. The number of rotatable bonds is 20. The van der Waals surface area contributed by atoms with Crippen LogP contribution in [-0.4, -0.2) is 170 Å². The van der Waals surface area contributed by atoms with Gasteiger partial charge < -0.3 is 78.8 Å². The van der Waals surface area contributed by atoms with Crippen molar-refractivity contribution >= 4 is 72.4 Å². The zero-order valence-electron chi connectivity index (χ0n) is 37.3. The number of nitrogens with zero attached hydrogens (tertiary/aromatic N) is 8. The molecule has 5 aromatic heterocycles. The number of hydrogen-bond acceptors (Lipinski definition) is 26. The molecular formula is C33H49BN12O23P4. The summed E-state index contributed by atoms with van der Waals surface area (Å²) >= 11 is 0. The van der Waals surface area contributed by atoms with E-state index in [-0.39, 0.29) is 40.7 Å². The van der Waals surface area contributed by atoms with E-state index >= 15 is 0 Å². The Bertz CT molecular complexity index is 3250. The van der Waals surface area contributed by atoms with E-state index in [9.17, 15) is 62.6 Å². The van der Waals surface area contributed by atoms with E-state index in [1.54, 1.807) is 0 Å². The zero-order chi connectivity index (χ0) is 53.1. The third kappa shape index (κ3) is 11.3. The zero-order valence-corrected chi connectivity index (χ0v) is 40.9. The third-order valence-electron chi connectivity index (χ3n) is 11.6. The SMILES string of the molecule is [BH3-]P(=O)(OC[C@H]1O[C@@H](n2c[n+](C)c3c(=O)[nH]c(N)nc32)[C@H](O)[C@@H]1COC)OP(=O)(O)OP(=O)(O)OC[C@H]1O[C@@H](n2cnc3c(N)ncnc32)[C@H](OC)[C@@H]1P(=O)(O)OC[C@H]1O[C@@H](n2ccc(=O)[nH]c2=O)[C@H](O)[C@@H]1O. The quantitative estimate of drug-likeness (QED) is 0.0199. The predicted octanol–water partition coefficient (Wildman–Crippen LogP) is -4.53. The lowest BCUT2D eigenvalue weighted by Gasteiger charge is -2.28. The van der Waals surface area contributed by atoms with E-state index in [4.69, 9.17) is 53.0 Å². The minimum Gasteiger partial charge on any atom is -0.387 e. The van der Waals surface area contributed by atoms with Crippen molar-refractivity contribution in [2.75, 3.05) is 52.1 Å². The van der Waals surface area contributed by atoms with Crippen molar-refractivity contribution in [2.24, 2.45) is 13.0 Å². The van der Waals surface area contributed by atoms with E-state index in [1.807, 2.05) is 4.98 Å². The second-order valence-corrected chi connectivity index (χ2v) is 22.2. The Balaban J connectivity index is 0.957. The highest BCUT2D eigenvalue weighted by molar-refractivity contribution is 7.84. The van der Waals surface area contributed by atoms with Gasteiger partial charge in [-0.2, -0.15) is 13.9 Å². The van der Waals surface area contributed by atoms with E-state index in [2.05, 4.69) is 29.2 Å². The average molecular weight is 1120 g/mol. The van der Waals surface area contributed by atoms with Crippen LogP contribution in [0.1, 0.15) is 18.7 Å². The molecule has 73 heavy (non-hydrogen) atoms. The van der Waals surface area contributed by atoms with Crippen molar-refractivity contribution in [1.29, 1.82) is 0 Å². The van der Waals surface area contributed by atoms with Gasteiger partial charge in [0.25, 0.3) is 16.7 Å². The van der Waals surface area contributed by atoms with Gasteiger partial charge in [-0.15, -0.1) is 0 Å². The highest BCUT2D eigenvalue weighted by atomic mass is 31.3. The monoisotopic (exact) mass is 1120 g/mol. The van der Waals surface area contributed by atoms with Crippen LogP contribution in [0.5, 0.6) is 0 Å². The summed E-state index contributed by atoms with van der Waals surface area (Å²) in [6.45, 7) is -2.98. The van der Waals surface area contributed by atoms with Gasteiger partial charge in [-0.05, 0) is 0 Å². The lowest BCUT2D eigenvalue weighted by atomic mass is 9.99. The molecule has 0 radical (unpaired) electrons. The van der Waals surface area contributed by atoms with Crippen molar-refractivity contribution in [1.82, 2.24) is 43.6 Å². The molecule has 0 saturated carbocycles. The summed E-state index contributed by atoms with van der Waals surface area (Å²) in [4.78, 5) is 90.2. The number of imidazole rings is 2. The second kappa shape index (κ2) is 20.9. The average Bonchev–Trinajstić information content (AvgIpc) is 4.10. The summed E-state index contributed by atoms with van der Waals surface area (Å²) < 4.78 is 113. The number of phosphoric acid groups is 2. The van der Waals surface area contributed by atoms with E-state index in [0.717, 1.165) is 36.6 Å². The van der Waals surface area contributed by atoms with Gasteiger partial charge in [0, 0.05) is 32.4 Å². The Morgan fingerprint density at radius 3 is 2.15 bits per heavy atom. The van der Waals surface area contributed by atoms with Gasteiger partial charge in [0.2, 0.25) is 18.5 Å². The van der Waals surface area contributed by atoms with Crippen LogP contribution in [0.15, 0.2) is 45.6 Å². The van der Waals surface area contributed by atoms with Crippen molar-refractivity contribution in [3.05, 3.63) is 62.4 Å². The number of ether oxygens (including phenoxy) is 5. The molecule has 4 unspecified atom stereocenters. The van der Waals surface area contributed by atoms with E-state index < -0.39 is 148 Å². The molecule has 0 aromatic carbocycles. The Labute approximate surface area is 408 Å². The van der Waals surface area contributed by atoms with Gasteiger partial charge in [0.15, 0.2) is 31.4 Å². The smallest absolute Gasteiger partial charge is 0.387 e. The molecule has 16 atom stereocenters. The summed E-state index contributed by atoms with van der Waals surface area (Å²) in [5, 5.41) is 32.8. The predicted molar refractivity (Wildman–Crippen MR) is 244 cm³/mol. The fraction of sp³-hybridized carbons (Fsp3) is 0.576.